The van der Waals surface area contributed by atoms with Crippen LogP contribution in [0.4, 0.5) is 0 Å². The lowest BCUT2D eigenvalue weighted by Crippen LogP contribution is -2.07. The van der Waals surface area contributed by atoms with Gasteiger partial charge in [0, 0.05) is 11.1 Å². The number of carbonyl (C=O) groups is 1. The van der Waals surface area contributed by atoms with E-state index < -0.39 is 0 Å². The van der Waals surface area contributed by atoms with E-state index >= 15 is 0 Å². The highest BCUT2D eigenvalue weighted by Gasteiger charge is 2.11. The van der Waals surface area contributed by atoms with Crippen molar-refractivity contribution in [2.75, 3.05) is 0 Å². The van der Waals surface area contributed by atoms with E-state index in [9.17, 15) is 4.79 Å². The fraction of sp³-hybridized carbons (Fsp3) is 0.316. The molecule has 2 rings (SSSR count). The molecule has 0 aliphatic carbocycles. The number of benzene rings is 2. The van der Waals surface area contributed by atoms with Crippen molar-refractivity contribution in [3.63, 3.8) is 0 Å². The van der Waals surface area contributed by atoms with Crippen molar-refractivity contribution in [1.82, 2.24) is 0 Å². The molecule has 0 N–H and O–H groups in total. The topological polar surface area (TPSA) is 26.3 Å². The van der Waals surface area contributed by atoms with E-state index in [4.69, 9.17) is 4.74 Å². The maximum absolute atomic E-state index is 12.5. The largest absolute Gasteiger partial charge is 0.491 e. The predicted octanol–water partition coefficient (Wildman–Crippen LogP) is 4.83. The van der Waals surface area contributed by atoms with Crippen LogP contribution in [0, 0.1) is 0 Å². The van der Waals surface area contributed by atoms with E-state index in [1.807, 2.05) is 56.3 Å². The fourth-order valence-corrected chi connectivity index (χ4v) is 2.17. The lowest BCUT2D eigenvalue weighted by Gasteiger charge is -2.11. The first kappa shape index (κ1) is 15.3. The van der Waals surface area contributed by atoms with Crippen molar-refractivity contribution >= 4 is 5.78 Å². The summed E-state index contributed by atoms with van der Waals surface area (Å²) in [6.45, 7) is 8.23. The zero-order valence-electron chi connectivity index (χ0n) is 13.1. The summed E-state index contributed by atoms with van der Waals surface area (Å²) < 4.78 is 5.64. The molecule has 0 amide bonds. The van der Waals surface area contributed by atoms with Crippen molar-refractivity contribution in [1.29, 1.82) is 0 Å². The van der Waals surface area contributed by atoms with E-state index in [1.165, 1.54) is 5.56 Å². The van der Waals surface area contributed by atoms with Gasteiger partial charge in [0.1, 0.15) is 5.75 Å². The molecule has 2 aromatic carbocycles. The van der Waals surface area contributed by atoms with Crippen molar-refractivity contribution < 1.29 is 9.53 Å². The molecule has 0 bridgehead atoms. The normalized spacial score (nSPS) is 11.0. The Hall–Kier alpha value is -2.09. The zero-order chi connectivity index (χ0) is 15.4. The minimum absolute atomic E-state index is 0.0273. The third-order valence-corrected chi connectivity index (χ3v) is 3.31. The summed E-state index contributed by atoms with van der Waals surface area (Å²) in [7, 11) is 0. The number of ether oxygens (including phenoxy) is 1. The molecular weight excluding hydrogens is 260 g/mol. The summed E-state index contributed by atoms with van der Waals surface area (Å²) >= 11 is 0. The molecule has 2 nitrogen and oxygen atoms in total. The van der Waals surface area contributed by atoms with Gasteiger partial charge >= 0.3 is 0 Å². The Balaban J connectivity index is 2.23. The molecule has 0 unspecified atom stereocenters. The van der Waals surface area contributed by atoms with Crippen molar-refractivity contribution in [2.45, 2.75) is 39.7 Å². The lowest BCUT2D eigenvalue weighted by molar-refractivity contribution is 0.103. The maximum Gasteiger partial charge on any atom is 0.193 e. The van der Waals surface area contributed by atoms with Crippen LogP contribution in [0.1, 0.15) is 55.1 Å². The molecule has 2 aromatic rings. The molecule has 21 heavy (non-hydrogen) atoms. The smallest absolute Gasteiger partial charge is 0.193 e. The molecule has 0 radical (unpaired) electrons. The first-order chi connectivity index (χ1) is 9.97. The number of hydrogen-bond donors (Lipinski definition) is 0. The van der Waals surface area contributed by atoms with Crippen molar-refractivity contribution in [3.05, 3.63) is 65.2 Å². The number of ketones is 1. The van der Waals surface area contributed by atoms with Gasteiger partial charge in [0.15, 0.2) is 5.78 Å². The summed E-state index contributed by atoms with van der Waals surface area (Å²) in [4.78, 5) is 12.5. The molecular formula is C19H22O2. The number of hydrogen-bond acceptors (Lipinski definition) is 2. The van der Waals surface area contributed by atoms with Crippen LogP contribution in [0.5, 0.6) is 5.75 Å². The highest BCUT2D eigenvalue weighted by atomic mass is 16.5. The van der Waals surface area contributed by atoms with E-state index in [2.05, 4.69) is 13.8 Å². The van der Waals surface area contributed by atoms with Gasteiger partial charge in [-0.2, -0.15) is 0 Å². The average Bonchev–Trinajstić information content (AvgIpc) is 2.46. The van der Waals surface area contributed by atoms with Gasteiger partial charge < -0.3 is 4.74 Å². The molecule has 0 fully saturated rings. The summed E-state index contributed by atoms with van der Waals surface area (Å²) in [6, 6.07) is 15.2. The zero-order valence-corrected chi connectivity index (χ0v) is 13.1. The highest BCUT2D eigenvalue weighted by Crippen LogP contribution is 2.20. The number of carbonyl (C=O) groups excluding carboxylic acids is 1. The first-order valence-corrected chi connectivity index (χ1v) is 7.38. The van der Waals surface area contributed by atoms with E-state index in [-0.39, 0.29) is 11.9 Å². The Kier molecular flexibility index (Phi) is 4.79. The van der Waals surface area contributed by atoms with E-state index in [1.54, 1.807) is 6.07 Å². The van der Waals surface area contributed by atoms with Crippen LogP contribution in [0.2, 0.25) is 0 Å². The second-order valence-electron chi connectivity index (χ2n) is 5.80. The molecule has 0 saturated heterocycles. The Morgan fingerprint density at radius 2 is 1.57 bits per heavy atom. The fourth-order valence-electron chi connectivity index (χ4n) is 2.17. The van der Waals surface area contributed by atoms with Gasteiger partial charge in [0.25, 0.3) is 0 Å². The van der Waals surface area contributed by atoms with Crippen molar-refractivity contribution in [3.8, 4) is 5.75 Å². The third-order valence-electron chi connectivity index (χ3n) is 3.31. The highest BCUT2D eigenvalue weighted by molar-refractivity contribution is 6.09. The second-order valence-corrected chi connectivity index (χ2v) is 5.80. The maximum atomic E-state index is 12.5. The molecule has 0 spiro atoms. The van der Waals surface area contributed by atoms with Gasteiger partial charge in [-0.3, -0.25) is 4.79 Å². The van der Waals surface area contributed by atoms with E-state index in [0.717, 1.165) is 5.75 Å². The van der Waals surface area contributed by atoms with Crippen LogP contribution < -0.4 is 4.74 Å². The Bertz CT molecular complexity index is 610. The van der Waals surface area contributed by atoms with Crippen LogP contribution in [-0.2, 0) is 0 Å². The van der Waals surface area contributed by atoms with Gasteiger partial charge in [-0.15, -0.1) is 0 Å². The molecule has 0 aliphatic rings. The third kappa shape index (κ3) is 3.94. The second kappa shape index (κ2) is 6.57. The molecule has 0 atom stereocenters. The molecule has 0 heterocycles. The average molecular weight is 282 g/mol. The Morgan fingerprint density at radius 1 is 0.905 bits per heavy atom. The van der Waals surface area contributed by atoms with Gasteiger partial charge in [-0.25, -0.2) is 0 Å². The molecule has 0 aromatic heterocycles. The van der Waals surface area contributed by atoms with E-state index in [0.29, 0.717) is 17.0 Å². The summed E-state index contributed by atoms with van der Waals surface area (Å²) in [5, 5.41) is 0. The van der Waals surface area contributed by atoms with Gasteiger partial charge in [-0.05, 0) is 37.5 Å². The molecule has 0 aliphatic heterocycles. The summed E-state index contributed by atoms with van der Waals surface area (Å²) in [5.41, 5.74) is 2.61. The van der Waals surface area contributed by atoms with Crippen LogP contribution in [0.3, 0.4) is 0 Å². The molecule has 0 saturated carbocycles. The van der Waals surface area contributed by atoms with Crippen LogP contribution in [-0.4, -0.2) is 11.9 Å². The minimum Gasteiger partial charge on any atom is -0.491 e. The Labute approximate surface area is 126 Å². The van der Waals surface area contributed by atoms with Crippen LogP contribution in [0.25, 0.3) is 0 Å². The standard InChI is InChI=1S/C19H22O2/c1-13(2)15-8-10-16(11-9-15)19(20)17-6-5-7-18(12-17)21-14(3)4/h5-14H,1-4H3. The quantitative estimate of drug-likeness (QED) is 0.734. The minimum atomic E-state index is 0.0273. The summed E-state index contributed by atoms with van der Waals surface area (Å²) in [6.07, 6.45) is 0.0978. The number of rotatable bonds is 5. The van der Waals surface area contributed by atoms with Gasteiger partial charge in [0.05, 0.1) is 6.10 Å². The summed E-state index contributed by atoms with van der Waals surface area (Å²) in [5.74, 6) is 1.23. The van der Waals surface area contributed by atoms with Gasteiger partial charge in [0.2, 0.25) is 0 Å². The molecule has 2 heteroatoms. The predicted molar refractivity (Wildman–Crippen MR) is 86.2 cm³/mol. The Morgan fingerprint density at radius 3 is 2.14 bits per heavy atom. The molecule has 110 valence electrons. The monoisotopic (exact) mass is 282 g/mol. The first-order valence-electron chi connectivity index (χ1n) is 7.38. The van der Waals surface area contributed by atoms with Gasteiger partial charge in [-0.1, -0.05) is 50.2 Å². The van der Waals surface area contributed by atoms with Crippen LogP contribution >= 0.6 is 0 Å². The van der Waals surface area contributed by atoms with Crippen LogP contribution in [0.15, 0.2) is 48.5 Å². The van der Waals surface area contributed by atoms with Crippen molar-refractivity contribution in [2.24, 2.45) is 0 Å². The SMILES string of the molecule is CC(C)Oc1cccc(C(=O)c2ccc(C(C)C)cc2)c1. The lowest BCUT2D eigenvalue weighted by atomic mass is 9.98.